The number of halogens is 1. The summed E-state index contributed by atoms with van der Waals surface area (Å²) in [6, 6.07) is 7.93. The Bertz CT molecular complexity index is 599. The molecule has 0 bridgehead atoms. The maximum Gasteiger partial charge on any atom is 0.320 e. The molecule has 0 unspecified atom stereocenters. The maximum absolute atomic E-state index is 12.6. The van der Waals surface area contributed by atoms with Crippen LogP contribution >= 0.6 is 15.9 Å². The van der Waals surface area contributed by atoms with Crippen molar-refractivity contribution in [2.45, 2.75) is 25.8 Å². The molecule has 2 aliphatic heterocycles. The predicted octanol–water partition coefficient (Wildman–Crippen LogP) is 2.81. The van der Waals surface area contributed by atoms with Gasteiger partial charge in [0.2, 0.25) is 0 Å². The normalized spacial score (nSPS) is 19.6. The number of likely N-dealkylation sites (N-methyl/N-ethyl adjacent to an activating group) is 1. The molecule has 5 nitrogen and oxygen atoms in total. The minimum Gasteiger partial charge on any atom is -0.338 e. The average molecular weight is 380 g/mol. The van der Waals surface area contributed by atoms with Crippen molar-refractivity contribution in [1.29, 1.82) is 0 Å². The van der Waals surface area contributed by atoms with Crippen LogP contribution in [0.2, 0.25) is 0 Å². The first-order chi connectivity index (χ1) is 11.1. The molecular weight excluding hydrogens is 358 g/mol. The van der Waals surface area contributed by atoms with Gasteiger partial charge < -0.3 is 14.7 Å². The molecule has 0 N–H and O–H groups in total. The Morgan fingerprint density at radius 3 is 2.57 bits per heavy atom. The van der Waals surface area contributed by atoms with E-state index in [9.17, 15) is 9.59 Å². The minimum absolute atomic E-state index is 0.0766. The van der Waals surface area contributed by atoms with Gasteiger partial charge in [-0.05, 0) is 38.0 Å². The molecule has 0 radical (unpaired) electrons. The van der Waals surface area contributed by atoms with Crippen LogP contribution < -0.4 is 0 Å². The van der Waals surface area contributed by atoms with Crippen molar-refractivity contribution in [3.63, 3.8) is 0 Å². The summed E-state index contributed by atoms with van der Waals surface area (Å²) < 4.78 is 0.917. The first-order valence-corrected chi connectivity index (χ1v) is 9.00. The largest absolute Gasteiger partial charge is 0.338 e. The SMILES string of the molecule is CCN1CCN(C2CCN(C(=O)c3cccc(Br)c3)CC2)C1=O. The maximum atomic E-state index is 12.6. The highest BCUT2D eigenvalue weighted by molar-refractivity contribution is 9.10. The highest BCUT2D eigenvalue weighted by Crippen LogP contribution is 2.23. The van der Waals surface area contributed by atoms with Gasteiger partial charge in [-0.2, -0.15) is 0 Å². The van der Waals surface area contributed by atoms with Crippen LogP contribution in [-0.4, -0.2) is 65.4 Å². The first kappa shape index (κ1) is 16.3. The molecule has 0 atom stereocenters. The molecule has 3 rings (SSSR count). The summed E-state index contributed by atoms with van der Waals surface area (Å²) in [4.78, 5) is 30.6. The molecule has 1 aromatic rings. The van der Waals surface area contributed by atoms with E-state index in [1.54, 1.807) is 0 Å². The number of hydrogen-bond acceptors (Lipinski definition) is 2. The van der Waals surface area contributed by atoms with Crippen molar-refractivity contribution in [3.05, 3.63) is 34.3 Å². The van der Waals surface area contributed by atoms with E-state index >= 15 is 0 Å². The number of rotatable bonds is 3. The molecular formula is C17H22BrN3O2. The summed E-state index contributed by atoms with van der Waals surface area (Å²) in [6.45, 7) is 5.86. The van der Waals surface area contributed by atoms with E-state index < -0.39 is 0 Å². The van der Waals surface area contributed by atoms with Crippen molar-refractivity contribution in [2.75, 3.05) is 32.7 Å². The third-order valence-corrected chi connectivity index (χ3v) is 5.27. The average Bonchev–Trinajstić information content (AvgIpc) is 2.95. The van der Waals surface area contributed by atoms with E-state index in [0.29, 0.717) is 18.7 Å². The van der Waals surface area contributed by atoms with Gasteiger partial charge in [-0.25, -0.2) is 4.79 Å². The van der Waals surface area contributed by atoms with E-state index in [1.807, 2.05) is 45.9 Å². The number of benzene rings is 1. The molecule has 124 valence electrons. The van der Waals surface area contributed by atoms with Gasteiger partial charge in [0.25, 0.3) is 5.91 Å². The third kappa shape index (κ3) is 3.37. The van der Waals surface area contributed by atoms with Crippen molar-refractivity contribution >= 4 is 27.9 Å². The van der Waals surface area contributed by atoms with Gasteiger partial charge in [0.05, 0.1) is 0 Å². The van der Waals surface area contributed by atoms with Gasteiger partial charge in [0.15, 0.2) is 0 Å². The van der Waals surface area contributed by atoms with Crippen LogP contribution in [0, 0.1) is 0 Å². The number of amides is 3. The topological polar surface area (TPSA) is 43.9 Å². The minimum atomic E-state index is 0.0766. The standard InChI is InChI=1S/C17H22BrN3O2/c1-2-19-10-11-21(17(19)23)15-6-8-20(9-7-15)16(22)13-4-3-5-14(18)12-13/h3-5,12,15H,2,6-11H2,1H3. The van der Waals surface area contributed by atoms with Crippen LogP contribution in [0.15, 0.2) is 28.7 Å². The molecule has 2 aliphatic rings. The van der Waals surface area contributed by atoms with Crippen molar-refractivity contribution < 1.29 is 9.59 Å². The quantitative estimate of drug-likeness (QED) is 0.810. The molecule has 2 heterocycles. The van der Waals surface area contributed by atoms with Crippen LogP contribution in [0.4, 0.5) is 4.79 Å². The Morgan fingerprint density at radius 1 is 1.22 bits per heavy atom. The fourth-order valence-corrected chi connectivity index (χ4v) is 3.82. The van der Waals surface area contributed by atoms with Crippen molar-refractivity contribution in [1.82, 2.24) is 14.7 Å². The zero-order chi connectivity index (χ0) is 16.4. The number of urea groups is 1. The Kier molecular flexibility index (Phi) is 4.90. The van der Waals surface area contributed by atoms with Crippen molar-refractivity contribution in [2.24, 2.45) is 0 Å². The van der Waals surface area contributed by atoms with Crippen LogP contribution in [0.25, 0.3) is 0 Å². The van der Waals surface area contributed by atoms with Gasteiger partial charge >= 0.3 is 6.03 Å². The molecule has 0 spiro atoms. The highest BCUT2D eigenvalue weighted by Gasteiger charge is 2.35. The first-order valence-electron chi connectivity index (χ1n) is 8.20. The van der Waals surface area contributed by atoms with Gasteiger partial charge in [0.1, 0.15) is 0 Å². The van der Waals surface area contributed by atoms with Gasteiger partial charge in [0, 0.05) is 48.8 Å². The number of carbonyl (C=O) groups excluding carboxylic acids is 2. The molecule has 3 amide bonds. The lowest BCUT2D eigenvalue weighted by molar-refractivity contribution is 0.0663. The number of carbonyl (C=O) groups is 2. The monoisotopic (exact) mass is 379 g/mol. The van der Waals surface area contributed by atoms with Crippen molar-refractivity contribution in [3.8, 4) is 0 Å². The lowest BCUT2D eigenvalue weighted by Crippen LogP contribution is -2.48. The number of nitrogens with zero attached hydrogens (tertiary/aromatic N) is 3. The molecule has 0 aliphatic carbocycles. The molecule has 0 aromatic heterocycles. The smallest absolute Gasteiger partial charge is 0.320 e. The fourth-order valence-electron chi connectivity index (χ4n) is 3.42. The number of likely N-dealkylation sites (tertiary alicyclic amines) is 1. The second kappa shape index (κ2) is 6.91. The molecule has 2 saturated heterocycles. The lowest BCUT2D eigenvalue weighted by atomic mass is 10.0. The van der Waals surface area contributed by atoms with E-state index in [1.165, 1.54) is 0 Å². The summed E-state index contributed by atoms with van der Waals surface area (Å²) in [6.07, 6.45) is 1.73. The molecule has 23 heavy (non-hydrogen) atoms. The highest BCUT2D eigenvalue weighted by atomic mass is 79.9. The van der Waals surface area contributed by atoms with E-state index in [-0.39, 0.29) is 18.0 Å². The summed E-state index contributed by atoms with van der Waals surface area (Å²) >= 11 is 3.41. The van der Waals surface area contributed by atoms with Gasteiger partial charge in [-0.3, -0.25) is 4.79 Å². The second-order valence-electron chi connectivity index (χ2n) is 6.09. The van der Waals surface area contributed by atoms with Crippen LogP contribution in [0.5, 0.6) is 0 Å². The van der Waals surface area contributed by atoms with E-state index in [4.69, 9.17) is 0 Å². The molecule has 0 saturated carbocycles. The summed E-state index contributed by atoms with van der Waals surface area (Å²) in [5.74, 6) is 0.0766. The summed E-state index contributed by atoms with van der Waals surface area (Å²) in [5, 5.41) is 0. The summed E-state index contributed by atoms with van der Waals surface area (Å²) in [5.41, 5.74) is 0.715. The van der Waals surface area contributed by atoms with Gasteiger partial charge in [-0.1, -0.05) is 22.0 Å². The van der Waals surface area contributed by atoms with E-state index in [2.05, 4.69) is 15.9 Å². The predicted molar refractivity (Wildman–Crippen MR) is 92.4 cm³/mol. The van der Waals surface area contributed by atoms with Crippen LogP contribution in [-0.2, 0) is 0 Å². The molecule has 2 fully saturated rings. The lowest BCUT2D eigenvalue weighted by Gasteiger charge is -2.36. The zero-order valence-corrected chi connectivity index (χ0v) is 15.0. The summed E-state index contributed by atoms with van der Waals surface area (Å²) in [7, 11) is 0. The Hall–Kier alpha value is -1.56. The van der Waals surface area contributed by atoms with Gasteiger partial charge in [-0.15, -0.1) is 0 Å². The molecule has 1 aromatic carbocycles. The third-order valence-electron chi connectivity index (χ3n) is 4.77. The molecule has 6 heteroatoms. The second-order valence-corrected chi connectivity index (χ2v) is 7.01. The number of hydrogen-bond donors (Lipinski definition) is 0. The van der Waals surface area contributed by atoms with Crippen LogP contribution in [0.3, 0.4) is 0 Å². The Morgan fingerprint density at radius 2 is 1.96 bits per heavy atom. The Balaban J connectivity index is 1.58. The van der Waals surface area contributed by atoms with Crippen LogP contribution in [0.1, 0.15) is 30.1 Å². The fraction of sp³-hybridized carbons (Fsp3) is 0.529. The number of piperidine rings is 1. The Labute approximate surface area is 145 Å². The zero-order valence-electron chi connectivity index (χ0n) is 13.4. The van der Waals surface area contributed by atoms with E-state index in [0.717, 1.165) is 36.9 Å².